The number of hydrogen-bond donors (Lipinski definition) is 1. The van der Waals surface area contributed by atoms with E-state index in [9.17, 15) is 14.7 Å². The van der Waals surface area contributed by atoms with Crippen molar-refractivity contribution in [3.05, 3.63) is 83.4 Å². The number of rotatable bonds is 8. The molecule has 0 saturated carbocycles. The number of benzene rings is 2. The highest BCUT2D eigenvalue weighted by Crippen LogP contribution is 2.40. The molecule has 2 aromatic carbocycles. The van der Waals surface area contributed by atoms with E-state index in [0.717, 1.165) is 30.4 Å². The first kappa shape index (κ1) is 22.8. The summed E-state index contributed by atoms with van der Waals surface area (Å²) < 4.78 is 11.2. The Labute approximate surface area is 194 Å². The third kappa shape index (κ3) is 4.71. The van der Waals surface area contributed by atoms with Crippen LogP contribution in [0.3, 0.4) is 0 Å². The molecule has 0 aliphatic carbocycles. The Bertz CT molecular complexity index is 1050. The first-order valence-electron chi connectivity index (χ1n) is 11.4. The van der Waals surface area contributed by atoms with Gasteiger partial charge in [-0.05, 0) is 54.7 Å². The van der Waals surface area contributed by atoms with Crippen LogP contribution in [0.25, 0.3) is 5.76 Å². The van der Waals surface area contributed by atoms with E-state index in [4.69, 9.17) is 9.47 Å². The van der Waals surface area contributed by atoms with E-state index in [1.807, 2.05) is 24.3 Å². The van der Waals surface area contributed by atoms with Crippen LogP contribution in [-0.2, 0) is 20.7 Å². The summed E-state index contributed by atoms with van der Waals surface area (Å²) >= 11 is 0. The summed E-state index contributed by atoms with van der Waals surface area (Å²) in [5.74, 6) is -0.857. The van der Waals surface area contributed by atoms with E-state index in [1.54, 1.807) is 35.2 Å². The van der Waals surface area contributed by atoms with Crippen molar-refractivity contribution in [3.8, 4) is 5.75 Å². The van der Waals surface area contributed by atoms with Crippen molar-refractivity contribution < 1.29 is 24.2 Å². The second-order valence-corrected chi connectivity index (χ2v) is 8.31. The monoisotopic (exact) mass is 447 g/mol. The number of aryl methyl sites for hydroxylation is 1. The van der Waals surface area contributed by atoms with Crippen molar-refractivity contribution >= 4 is 17.4 Å². The standard InChI is InChI=1S/C27H29NO5/c1-3-15-32-21-13-11-20(12-14-21)25(29)23-24(19-9-7-18(4-2)8-10-19)28(27(31)26(23)30)17-22-6-5-16-33-22/h3,7-14,22,24,29H,1,4-6,15-17H2,2H3/b25-23-. The SMILES string of the molecule is C=CCOc1ccc(/C(O)=C2/C(=O)C(=O)N(CC3CCCO3)C2c2ccc(CC)cc2)cc1. The second kappa shape index (κ2) is 10.0. The van der Waals surface area contributed by atoms with Gasteiger partial charge in [-0.2, -0.15) is 0 Å². The molecule has 2 atom stereocenters. The number of nitrogens with zero attached hydrogens (tertiary/aromatic N) is 1. The summed E-state index contributed by atoms with van der Waals surface area (Å²) in [5, 5.41) is 11.2. The molecule has 172 valence electrons. The van der Waals surface area contributed by atoms with E-state index in [2.05, 4.69) is 13.5 Å². The van der Waals surface area contributed by atoms with Crippen LogP contribution in [0, 0.1) is 0 Å². The van der Waals surface area contributed by atoms with Crippen LogP contribution in [0.2, 0.25) is 0 Å². The van der Waals surface area contributed by atoms with Gasteiger partial charge in [0, 0.05) is 18.7 Å². The number of aliphatic hydroxyl groups is 1. The van der Waals surface area contributed by atoms with Crippen LogP contribution in [0.1, 0.15) is 42.5 Å². The van der Waals surface area contributed by atoms with E-state index >= 15 is 0 Å². The van der Waals surface area contributed by atoms with Gasteiger partial charge in [-0.25, -0.2) is 0 Å². The minimum atomic E-state index is -0.679. The van der Waals surface area contributed by atoms with E-state index in [1.165, 1.54) is 0 Å². The van der Waals surface area contributed by atoms with Gasteiger partial charge in [0.1, 0.15) is 18.1 Å². The van der Waals surface area contributed by atoms with Crippen molar-refractivity contribution in [1.82, 2.24) is 4.90 Å². The van der Waals surface area contributed by atoms with E-state index in [0.29, 0.717) is 31.1 Å². The van der Waals surface area contributed by atoms with Crippen molar-refractivity contribution in [2.45, 2.75) is 38.3 Å². The topological polar surface area (TPSA) is 76.1 Å². The predicted molar refractivity (Wildman–Crippen MR) is 126 cm³/mol. The summed E-state index contributed by atoms with van der Waals surface area (Å²) in [6.45, 7) is 7.04. The van der Waals surface area contributed by atoms with Gasteiger partial charge in [-0.15, -0.1) is 0 Å². The Morgan fingerprint density at radius 3 is 2.52 bits per heavy atom. The van der Waals surface area contributed by atoms with Gasteiger partial charge in [-0.3, -0.25) is 9.59 Å². The lowest BCUT2D eigenvalue weighted by Gasteiger charge is -2.27. The second-order valence-electron chi connectivity index (χ2n) is 8.31. The quantitative estimate of drug-likeness (QED) is 0.281. The molecule has 0 bridgehead atoms. The molecule has 2 heterocycles. The molecule has 6 nitrogen and oxygen atoms in total. The molecule has 33 heavy (non-hydrogen) atoms. The van der Waals surface area contributed by atoms with Crippen molar-refractivity contribution in [2.24, 2.45) is 0 Å². The maximum absolute atomic E-state index is 13.1. The Hall–Kier alpha value is -3.38. The Balaban J connectivity index is 1.74. The van der Waals surface area contributed by atoms with Crippen LogP contribution in [-0.4, -0.2) is 47.6 Å². The van der Waals surface area contributed by atoms with Crippen molar-refractivity contribution in [2.75, 3.05) is 19.8 Å². The number of ketones is 1. The minimum absolute atomic E-state index is 0.0991. The molecule has 0 aromatic heterocycles. The number of hydrogen-bond acceptors (Lipinski definition) is 5. The molecular formula is C27H29NO5. The zero-order chi connectivity index (χ0) is 23.4. The summed E-state index contributed by atoms with van der Waals surface area (Å²) in [5.41, 5.74) is 2.50. The van der Waals surface area contributed by atoms with Gasteiger partial charge in [-0.1, -0.05) is 43.8 Å². The minimum Gasteiger partial charge on any atom is -0.507 e. The van der Waals surface area contributed by atoms with Gasteiger partial charge in [0.15, 0.2) is 0 Å². The number of likely N-dealkylation sites (tertiary alicyclic amines) is 1. The molecule has 2 saturated heterocycles. The van der Waals surface area contributed by atoms with Gasteiger partial charge in [0.25, 0.3) is 11.7 Å². The highest BCUT2D eigenvalue weighted by atomic mass is 16.5. The fraction of sp³-hybridized carbons (Fsp3) is 0.333. The zero-order valence-electron chi connectivity index (χ0n) is 18.8. The van der Waals surface area contributed by atoms with Gasteiger partial charge in [0.2, 0.25) is 0 Å². The highest BCUT2D eigenvalue weighted by molar-refractivity contribution is 6.46. The third-order valence-corrected chi connectivity index (χ3v) is 6.16. The smallest absolute Gasteiger partial charge is 0.295 e. The fourth-order valence-electron chi connectivity index (χ4n) is 4.38. The van der Waals surface area contributed by atoms with Gasteiger partial charge < -0.3 is 19.5 Å². The van der Waals surface area contributed by atoms with Crippen LogP contribution >= 0.6 is 0 Å². The Morgan fingerprint density at radius 1 is 1.18 bits per heavy atom. The lowest BCUT2D eigenvalue weighted by Crippen LogP contribution is -2.36. The molecule has 2 fully saturated rings. The molecule has 1 amide bonds. The number of ether oxygens (including phenoxy) is 2. The number of carbonyl (C=O) groups is 2. The van der Waals surface area contributed by atoms with Crippen LogP contribution < -0.4 is 4.74 Å². The average Bonchev–Trinajstić information content (AvgIpc) is 3.45. The molecule has 4 rings (SSSR count). The van der Waals surface area contributed by atoms with Crippen LogP contribution in [0.15, 0.2) is 66.8 Å². The number of Topliss-reactive ketones (excluding diaryl/α,β-unsaturated/α-hetero) is 1. The molecule has 2 unspecified atom stereocenters. The van der Waals surface area contributed by atoms with Crippen molar-refractivity contribution in [1.29, 1.82) is 0 Å². The number of amides is 1. The Kier molecular flexibility index (Phi) is 6.94. The molecule has 1 N–H and O–H groups in total. The maximum Gasteiger partial charge on any atom is 0.295 e. The highest BCUT2D eigenvalue weighted by Gasteiger charge is 2.47. The normalized spacial score (nSPS) is 22.0. The first-order valence-corrected chi connectivity index (χ1v) is 11.4. The fourth-order valence-corrected chi connectivity index (χ4v) is 4.38. The first-order chi connectivity index (χ1) is 16.0. The third-order valence-electron chi connectivity index (χ3n) is 6.16. The summed E-state index contributed by atoms with van der Waals surface area (Å²) in [4.78, 5) is 27.7. The van der Waals surface area contributed by atoms with Crippen molar-refractivity contribution in [3.63, 3.8) is 0 Å². The van der Waals surface area contributed by atoms with E-state index in [-0.39, 0.29) is 17.4 Å². The summed E-state index contributed by atoms with van der Waals surface area (Å²) in [7, 11) is 0. The Morgan fingerprint density at radius 2 is 1.91 bits per heavy atom. The van der Waals surface area contributed by atoms with Crippen LogP contribution in [0.4, 0.5) is 0 Å². The lowest BCUT2D eigenvalue weighted by atomic mass is 9.94. The molecule has 2 aliphatic heterocycles. The average molecular weight is 448 g/mol. The summed E-state index contributed by atoms with van der Waals surface area (Å²) in [6.07, 6.45) is 4.20. The molecule has 6 heteroatoms. The summed E-state index contributed by atoms with van der Waals surface area (Å²) in [6, 6.07) is 14.0. The number of aliphatic hydroxyl groups excluding tert-OH is 1. The zero-order valence-corrected chi connectivity index (χ0v) is 18.8. The largest absolute Gasteiger partial charge is 0.507 e. The molecular weight excluding hydrogens is 418 g/mol. The van der Waals surface area contributed by atoms with Crippen LogP contribution in [0.5, 0.6) is 5.75 Å². The molecule has 2 aliphatic rings. The maximum atomic E-state index is 13.1. The number of carbonyl (C=O) groups excluding carboxylic acids is 2. The predicted octanol–water partition coefficient (Wildman–Crippen LogP) is 4.41. The molecule has 2 aromatic rings. The van der Waals surface area contributed by atoms with E-state index < -0.39 is 17.7 Å². The van der Waals surface area contributed by atoms with Gasteiger partial charge in [0.05, 0.1) is 17.7 Å². The van der Waals surface area contributed by atoms with Gasteiger partial charge >= 0.3 is 0 Å². The molecule has 0 spiro atoms. The molecule has 0 radical (unpaired) electrons. The lowest BCUT2D eigenvalue weighted by molar-refractivity contribution is -0.140.